The second-order valence-corrected chi connectivity index (χ2v) is 6.96. The van der Waals surface area contributed by atoms with Crippen molar-refractivity contribution in [3.8, 4) is 0 Å². The first kappa shape index (κ1) is 19.2. The van der Waals surface area contributed by atoms with Crippen LogP contribution in [0.1, 0.15) is 54.8 Å². The highest BCUT2D eigenvalue weighted by Crippen LogP contribution is 2.28. The lowest BCUT2D eigenvalue weighted by Gasteiger charge is -2.09. The molecule has 1 aromatic heterocycles. The number of aliphatic carboxylic acids is 1. The highest BCUT2D eigenvalue weighted by atomic mass is 32.1. The van der Waals surface area contributed by atoms with Crippen LogP contribution in [-0.4, -0.2) is 29.4 Å². The zero-order chi connectivity index (χ0) is 17.4. The number of nitrogens with one attached hydrogen (secondary N) is 2. The molecule has 1 aromatic rings. The molecular weight excluding hydrogens is 316 g/mol. The molecule has 0 spiro atoms. The fourth-order valence-electron chi connectivity index (χ4n) is 1.91. The van der Waals surface area contributed by atoms with Crippen LogP contribution in [0.2, 0.25) is 0 Å². The van der Waals surface area contributed by atoms with Gasteiger partial charge in [0.15, 0.2) is 0 Å². The number of carbonyl (C=O) groups excluding carboxylic acids is 2. The normalized spacial score (nSPS) is 10.6. The van der Waals surface area contributed by atoms with Crippen molar-refractivity contribution in [3.63, 3.8) is 0 Å². The predicted molar refractivity (Wildman–Crippen MR) is 91.0 cm³/mol. The Kier molecular flexibility index (Phi) is 7.74. The molecule has 0 aliphatic rings. The van der Waals surface area contributed by atoms with Gasteiger partial charge in [0.05, 0.1) is 5.56 Å². The number of amides is 2. The van der Waals surface area contributed by atoms with Crippen LogP contribution in [0.5, 0.6) is 0 Å². The number of carbonyl (C=O) groups is 3. The minimum atomic E-state index is -0.798. The van der Waals surface area contributed by atoms with E-state index in [2.05, 4.69) is 10.6 Å². The van der Waals surface area contributed by atoms with Gasteiger partial charge < -0.3 is 15.7 Å². The average molecular weight is 340 g/mol. The summed E-state index contributed by atoms with van der Waals surface area (Å²) in [5.74, 6) is -1.28. The van der Waals surface area contributed by atoms with Gasteiger partial charge in [0.2, 0.25) is 5.91 Å². The molecule has 0 aromatic carbocycles. The number of hydrogen-bond donors (Lipinski definition) is 3. The fraction of sp³-hybridized carbons (Fsp3) is 0.562. The summed E-state index contributed by atoms with van der Waals surface area (Å²) in [5.41, 5.74) is 0.479. The van der Waals surface area contributed by atoms with Crippen molar-refractivity contribution in [2.24, 2.45) is 5.92 Å². The Balaban J connectivity index is 2.49. The number of aryl methyl sites for hydroxylation is 1. The molecule has 0 atom stereocenters. The molecule has 0 aliphatic carbocycles. The van der Waals surface area contributed by atoms with Crippen molar-refractivity contribution >= 4 is 34.1 Å². The summed E-state index contributed by atoms with van der Waals surface area (Å²) in [4.78, 5) is 35.4. The Labute approximate surface area is 140 Å². The highest BCUT2D eigenvalue weighted by molar-refractivity contribution is 7.16. The smallest absolute Gasteiger partial charge is 0.303 e. The third-order valence-electron chi connectivity index (χ3n) is 3.21. The lowest BCUT2D eigenvalue weighted by Crippen LogP contribution is -2.26. The summed E-state index contributed by atoms with van der Waals surface area (Å²) in [6.07, 6.45) is 2.25. The van der Waals surface area contributed by atoms with Crippen molar-refractivity contribution in [1.29, 1.82) is 0 Å². The molecule has 0 unspecified atom stereocenters. The Morgan fingerprint density at radius 1 is 1.22 bits per heavy atom. The van der Waals surface area contributed by atoms with Gasteiger partial charge in [-0.25, -0.2) is 0 Å². The topological polar surface area (TPSA) is 95.5 Å². The van der Waals surface area contributed by atoms with Gasteiger partial charge >= 0.3 is 5.97 Å². The monoisotopic (exact) mass is 340 g/mol. The van der Waals surface area contributed by atoms with Crippen molar-refractivity contribution in [3.05, 3.63) is 16.5 Å². The van der Waals surface area contributed by atoms with E-state index in [0.717, 1.165) is 17.7 Å². The molecule has 128 valence electrons. The predicted octanol–water partition coefficient (Wildman–Crippen LogP) is 3.03. The highest BCUT2D eigenvalue weighted by Gasteiger charge is 2.17. The van der Waals surface area contributed by atoms with E-state index < -0.39 is 5.97 Å². The van der Waals surface area contributed by atoms with Crippen LogP contribution in [0, 0.1) is 12.8 Å². The van der Waals surface area contributed by atoms with E-state index in [-0.39, 0.29) is 24.2 Å². The molecule has 3 N–H and O–H groups in total. The first-order valence-corrected chi connectivity index (χ1v) is 8.54. The Morgan fingerprint density at radius 2 is 1.91 bits per heavy atom. The van der Waals surface area contributed by atoms with Crippen LogP contribution >= 0.6 is 11.3 Å². The molecule has 23 heavy (non-hydrogen) atoms. The van der Waals surface area contributed by atoms with Crippen molar-refractivity contribution in [1.82, 2.24) is 5.32 Å². The zero-order valence-electron chi connectivity index (χ0n) is 13.8. The quantitative estimate of drug-likeness (QED) is 0.602. The van der Waals surface area contributed by atoms with E-state index in [1.807, 2.05) is 6.92 Å². The average Bonchev–Trinajstić information content (AvgIpc) is 2.82. The molecule has 6 nitrogen and oxygen atoms in total. The standard InChI is InChI=1S/C16H24N2O4S/c1-10(2)14(21)18-16-12(9-11(3)23-16)15(22)17-8-6-4-5-7-13(19)20/h9-10H,4-8H2,1-3H3,(H,17,22)(H,18,21)(H,19,20). The second kappa shape index (κ2) is 9.29. The maximum Gasteiger partial charge on any atom is 0.303 e. The summed E-state index contributed by atoms with van der Waals surface area (Å²) in [6, 6.07) is 1.76. The number of rotatable bonds is 9. The van der Waals surface area contributed by atoms with Gasteiger partial charge in [-0.2, -0.15) is 0 Å². The maximum atomic E-state index is 12.2. The number of thiophene rings is 1. The SMILES string of the molecule is Cc1cc(C(=O)NCCCCCC(=O)O)c(NC(=O)C(C)C)s1. The van der Waals surface area contributed by atoms with Gasteiger partial charge in [0, 0.05) is 23.8 Å². The van der Waals surface area contributed by atoms with E-state index >= 15 is 0 Å². The van der Waals surface area contributed by atoms with Gasteiger partial charge in [-0.05, 0) is 25.8 Å². The molecule has 1 rings (SSSR count). The van der Waals surface area contributed by atoms with Gasteiger partial charge in [-0.15, -0.1) is 11.3 Å². The van der Waals surface area contributed by atoms with Crippen LogP contribution in [0.15, 0.2) is 6.07 Å². The molecule has 0 saturated heterocycles. The molecule has 2 amide bonds. The number of carboxylic acids is 1. The Morgan fingerprint density at radius 3 is 2.52 bits per heavy atom. The Hall–Kier alpha value is -1.89. The minimum Gasteiger partial charge on any atom is -0.481 e. The summed E-state index contributed by atoms with van der Waals surface area (Å²) >= 11 is 1.38. The summed E-state index contributed by atoms with van der Waals surface area (Å²) in [7, 11) is 0. The largest absolute Gasteiger partial charge is 0.481 e. The van der Waals surface area contributed by atoms with Crippen LogP contribution in [0.4, 0.5) is 5.00 Å². The van der Waals surface area contributed by atoms with Crippen LogP contribution < -0.4 is 10.6 Å². The minimum absolute atomic E-state index is 0.116. The van der Waals surface area contributed by atoms with Crippen LogP contribution in [0.25, 0.3) is 0 Å². The van der Waals surface area contributed by atoms with E-state index in [9.17, 15) is 14.4 Å². The lowest BCUT2D eigenvalue weighted by molar-refractivity contribution is -0.137. The van der Waals surface area contributed by atoms with Crippen molar-refractivity contribution in [2.45, 2.75) is 46.5 Å². The van der Waals surface area contributed by atoms with E-state index in [1.165, 1.54) is 11.3 Å². The van der Waals surface area contributed by atoms with Crippen LogP contribution in [-0.2, 0) is 9.59 Å². The first-order valence-electron chi connectivity index (χ1n) is 7.72. The molecule has 1 heterocycles. The van der Waals surface area contributed by atoms with Gasteiger partial charge in [-0.3, -0.25) is 14.4 Å². The molecule has 7 heteroatoms. The van der Waals surface area contributed by atoms with Gasteiger partial charge in [0.1, 0.15) is 5.00 Å². The van der Waals surface area contributed by atoms with Crippen molar-refractivity contribution in [2.75, 3.05) is 11.9 Å². The first-order chi connectivity index (χ1) is 10.8. The third-order valence-corrected chi connectivity index (χ3v) is 4.18. The summed E-state index contributed by atoms with van der Waals surface area (Å²) < 4.78 is 0. The number of unbranched alkanes of at least 4 members (excludes halogenated alkanes) is 2. The molecule has 0 bridgehead atoms. The van der Waals surface area contributed by atoms with Gasteiger partial charge in [-0.1, -0.05) is 20.3 Å². The van der Waals surface area contributed by atoms with Crippen LogP contribution in [0.3, 0.4) is 0 Å². The van der Waals surface area contributed by atoms with Crippen molar-refractivity contribution < 1.29 is 19.5 Å². The second-order valence-electron chi connectivity index (χ2n) is 5.70. The molecular formula is C16H24N2O4S. The zero-order valence-corrected chi connectivity index (χ0v) is 14.6. The van der Waals surface area contributed by atoms with E-state index in [0.29, 0.717) is 23.5 Å². The van der Waals surface area contributed by atoms with Gasteiger partial charge in [0.25, 0.3) is 5.91 Å². The van der Waals surface area contributed by atoms with E-state index in [1.54, 1.807) is 19.9 Å². The van der Waals surface area contributed by atoms with E-state index in [4.69, 9.17) is 5.11 Å². The molecule has 0 radical (unpaired) electrons. The summed E-state index contributed by atoms with van der Waals surface area (Å²) in [6.45, 7) is 5.97. The maximum absolute atomic E-state index is 12.2. The number of anilines is 1. The fourth-order valence-corrected chi connectivity index (χ4v) is 2.82. The number of carboxylic acid groups (broad SMARTS) is 1. The molecule has 0 fully saturated rings. The molecule has 0 saturated carbocycles. The molecule has 0 aliphatic heterocycles. The number of hydrogen-bond acceptors (Lipinski definition) is 4. The third kappa shape index (κ3) is 6.81. The Bertz CT molecular complexity index is 566. The summed E-state index contributed by atoms with van der Waals surface area (Å²) in [5, 5.41) is 14.7. The lowest BCUT2D eigenvalue weighted by atomic mass is 10.2.